The molecular weight excluding hydrogens is 342 g/mol. The number of rotatable bonds is 6. The molecule has 0 bridgehead atoms. The first-order valence-electron chi connectivity index (χ1n) is 7.95. The van der Waals surface area contributed by atoms with Gasteiger partial charge in [-0.1, -0.05) is 11.6 Å². The average Bonchev–Trinajstić information content (AvgIpc) is 2.98. The first-order chi connectivity index (χ1) is 12.0. The van der Waals surface area contributed by atoms with E-state index in [1.165, 1.54) is 6.33 Å². The SMILES string of the molecule is Cc1c(CC(=O)NCCCn2ncc3ccc(Cl)cc32)nc[nH]c1=O. The fraction of sp³-hybridized carbons (Fsp3) is 0.294. The van der Waals surface area contributed by atoms with Crippen molar-refractivity contribution in [3.63, 3.8) is 0 Å². The number of aromatic amines is 1. The lowest BCUT2D eigenvalue weighted by atomic mass is 10.2. The molecule has 0 saturated heterocycles. The minimum Gasteiger partial charge on any atom is -0.356 e. The van der Waals surface area contributed by atoms with E-state index in [4.69, 9.17) is 11.6 Å². The van der Waals surface area contributed by atoms with Crippen molar-refractivity contribution in [3.8, 4) is 0 Å². The van der Waals surface area contributed by atoms with Crippen LogP contribution in [-0.2, 0) is 17.8 Å². The number of carbonyl (C=O) groups excluding carboxylic acids is 1. The number of aryl methyl sites for hydroxylation is 1. The van der Waals surface area contributed by atoms with Gasteiger partial charge in [0, 0.05) is 29.1 Å². The number of halogens is 1. The first-order valence-corrected chi connectivity index (χ1v) is 8.33. The highest BCUT2D eigenvalue weighted by atomic mass is 35.5. The van der Waals surface area contributed by atoms with Gasteiger partial charge in [-0.05, 0) is 31.5 Å². The van der Waals surface area contributed by atoms with Crippen molar-refractivity contribution in [2.24, 2.45) is 0 Å². The van der Waals surface area contributed by atoms with Crippen LogP contribution in [0.2, 0.25) is 5.02 Å². The average molecular weight is 360 g/mol. The van der Waals surface area contributed by atoms with E-state index in [1.807, 2.05) is 22.9 Å². The molecule has 0 fully saturated rings. The third kappa shape index (κ3) is 4.06. The minimum atomic E-state index is -0.220. The molecule has 1 aromatic carbocycles. The molecule has 25 heavy (non-hydrogen) atoms. The van der Waals surface area contributed by atoms with Crippen LogP contribution in [0.5, 0.6) is 0 Å². The molecule has 0 aliphatic carbocycles. The van der Waals surface area contributed by atoms with E-state index >= 15 is 0 Å². The summed E-state index contributed by atoms with van der Waals surface area (Å²) in [5.41, 5.74) is 1.72. The number of carbonyl (C=O) groups is 1. The highest BCUT2D eigenvalue weighted by Gasteiger charge is 2.09. The fourth-order valence-corrected chi connectivity index (χ4v) is 2.74. The molecule has 0 radical (unpaired) electrons. The summed E-state index contributed by atoms with van der Waals surface area (Å²) >= 11 is 6.02. The van der Waals surface area contributed by atoms with Crippen molar-refractivity contribution in [2.45, 2.75) is 26.3 Å². The highest BCUT2D eigenvalue weighted by molar-refractivity contribution is 6.31. The Morgan fingerprint density at radius 2 is 2.24 bits per heavy atom. The van der Waals surface area contributed by atoms with Crippen molar-refractivity contribution in [1.29, 1.82) is 0 Å². The van der Waals surface area contributed by atoms with Crippen LogP contribution >= 0.6 is 11.6 Å². The van der Waals surface area contributed by atoms with E-state index in [0.29, 0.717) is 29.4 Å². The summed E-state index contributed by atoms with van der Waals surface area (Å²) in [5.74, 6) is -0.158. The van der Waals surface area contributed by atoms with Crippen LogP contribution in [0.4, 0.5) is 0 Å². The maximum absolute atomic E-state index is 12.0. The topological polar surface area (TPSA) is 92.7 Å². The van der Waals surface area contributed by atoms with Crippen LogP contribution in [-0.4, -0.2) is 32.2 Å². The minimum absolute atomic E-state index is 0.0933. The summed E-state index contributed by atoms with van der Waals surface area (Å²) in [5, 5.41) is 8.88. The Kier molecular flexibility index (Phi) is 5.14. The van der Waals surface area contributed by atoms with Gasteiger partial charge in [0.15, 0.2) is 0 Å². The Morgan fingerprint density at radius 3 is 3.08 bits per heavy atom. The van der Waals surface area contributed by atoms with Gasteiger partial charge in [0.2, 0.25) is 5.91 Å². The Hall–Kier alpha value is -2.67. The second-order valence-corrected chi connectivity index (χ2v) is 6.19. The van der Waals surface area contributed by atoms with Gasteiger partial charge in [-0.2, -0.15) is 5.10 Å². The molecule has 0 spiro atoms. The Bertz CT molecular complexity index is 963. The molecule has 130 valence electrons. The van der Waals surface area contributed by atoms with Gasteiger partial charge in [0.05, 0.1) is 30.2 Å². The van der Waals surface area contributed by atoms with Crippen molar-refractivity contribution < 1.29 is 4.79 Å². The van der Waals surface area contributed by atoms with Crippen LogP contribution in [0.3, 0.4) is 0 Å². The molecule has 2 N–H and O–H groups in total. The van der Waals surface area contributed by atoms with Gasteiger partial charge in [-0.25, -0.2) is 4.98 Å². The highest BCUT2D eigenvalue weighted by Crippen LogP contribution is 2.19. The van der Waals surface area contributed by atoms with E-state index in [2.05, 4.69) is 20.4 Å². The summed E-state index contributed by atoms with van der Waals surface area (Å²) in [6.07, 6.45) is 3.93. The smallest absolute Gasteiger partial charge is 0.253 e. The summed E-state index contributed by atoms with van der Waals surface area (Å²) in [7, 11) is 0. The van der Waals surface area contributed by atoms with E-state index in [0.717, 1.165) is 17.3 Å². The van der Waals surface area contributed by atoms with Gasteiger partial charge in [-0.3, -0.25) is 14.3 Å². The maximum Gasteiger partial charge on any atom is 0.253 e. The third-order valence-corrected chi connectivity index (χ3v) is 4.23. The molecule has 8 heteroatoms. The van der Waals surface area contributed by atoms with E-state index in [1.54, 1.807) is 13.1 Å². The van der Waals surface area contributed by atoms with Crippen LogP contribution in [0.1, 0.15) is 17.7 Å². The molecule has 7 nitrogen and oxygen atoms in total. The molecule has 0 saturated carbocycles. The lowest BCUT2D eigenvalue weighted by molar-refractivity contribution is -0.120. The van der Waals surface area contributed by atoms with Crippen molar-refractivity contribution in [2.75, 3.05) is 6.54 Å². The van der Waals surface area contributed by atoms with Crippen LogP contribution in [0, 0.1) is 6.92 Å². The van der Waals surface area contributed by atoms with Gasteiger partial charge in [0.1, 0.15) is 0 Å². The second-order valence-electron chi connectivity index (χ2n) is 5.75. The number of H-pyrrole nitrogens is 1. The summed E-state index contributed by atoms with van der Waals surface area (Å²) < 4.78 is 1.87. The number of nitrogens with one attached hydrogen (secondary N) is 2. The van der Waals surface area contributed by atoms with Gasteiger partial charge >= 0.3 is 0 Å². The molecular formula is C17H18ClN5O2. The van der Waals surface area contributed by atoms with E-state index < -0.39 is 0 Å². The maximum atomic E-state index is 12.0. The molecule has 2 aromatic heterocycles. The fourth-order valence-electron chi connectivity index (χ4n) is 2.58. The van der Waals surface area contributed by atoms with Crippen molar-refractivity contribution in [1.82, 2.24) is 25.1 Å². The van der Waals surface area contributed by atoms with E-state index in [-0.39, 0.29) is 17.9 Å². The zero-order chi connectivity index (χ0) is 17.8. The monoisotopic (exact) mass is 359 g/mol. The first kappa shape index (κ1) is 17.2. The lowest BCUT2D eigenvalue weighted by Gasteiger charge is -2.07. The number of nitrogens with zero attached hydrogens (tertiary/aromatic N) is 3. The molecule has 3 aromatic rings. The molecule has 0 aliphatic heterocycles. The Balaban J connectivity index is 1.51. The normalized spacial score (nSPS) is 11.0. The molecule has 0 atom stereocenters. The predicted octanol–water partition coefficient (Wildman–Crippen LogP) is 1.83. The van der Waals surface area contributed by atoms with Crippen LogP contribution < -0.4 is 10.9 Å². The number of amides is 1. The van der Waals surface area contributed by atoms with Crippen LogP contribution in [0.25, 0.3) is 10.9 Å². The van der Waals surface area contributed by atoms with Gasteiger partial charge in [0.25, 0.3) is 5.56 Å². The number of hydrogen-bond acceptors (Lipinski definition) is 4. The largest absolute Gasteiger partial charge is 0.356 e. The lowest BCUT2D eigenvalue weighted by Crippen LogP contribution is -2.28. The number of hydrogen-bond donors (Lipinski definition) is 2. The zero-order valence-corrected chi connectivity index (χ0v) is 14.5. The molecule has 3 rings (SSSR count). The second kappa shape index (κ2) is 7.48. The predicted molar refractivity (Wildman–Crippen MR) is 95.7 cm³/mol. The Labute approximate surface area is 149 Å². The Morgan fingerprint density at radius 1 is 1.40 bits per heavy atom. The summed E-state index contributed by atoms with van der Waals surface area (Å²) in [4.78, 5) is 30.0. The molecule has 2 heterocycles. The number of benzene rings is 1. The van der Waals surface area contributed by atoms with Crippen molar-refractivity contribution in [3.05, 3.63) is 57.4 Å². The summed E-state index contributed by atoms with van der Waals surface area (Å²) in [6.45, 7) is 2.85. The summed E-state index contributed by atoms with van der Waals surface area (Å²) in [6, 6.07) is 5.64. The molecule has 1 amide bonds. The quantitative estimate of drug-likeness (QED) is 0.657. The van der Waals surface area contributed by atoms with Gasteiger partial charge < -0.3 is 10.3 Å². The van der Waals surface area contributed by atoms with E-state index in [9.17, 15) is 9.59 Å². The molecule has 0 aliphatic rings. The van der Waals surface area contributed by atoms with Crippen molar-refractivity contribution >= 4 is 28.4 Å². The molecule has 0 unspecified atom stereocenters. The number of aromatic nitrogens is 4. The standard InChI is InChI=1S/C17H18ClN5O2/c1-11-14(20-10-21-17(11)25)8-16(24)19-5-2-6-23-15-7-13(18)4-3-12(15)9-22-23/h3-4,7,9-10H,2,5-6,8H2,1H3,(H,19,24)(H,20,21,25). The zero-order valence-electron chi connectivity index (χ0n) is 13.8. The third-order valence-electron chi connectivity index (χ3n) is 3.99. The van der Waals surface area contributed by atoms with Crippen LogP contribution in [0.15, 0.2) is 35.5 Å². The number of fused-ring (bicyclic) bond motifs is 1. The van der Waals surface area contributed by atoms with Gasteiger partial charge in [-0.15, -0.1) is 0 Å².